The van der Waals surface area contributed by atoms with Crippen LogP contribution in [0, 0.1) is 0 Å². The second-order valence-corrected chi connectivity index (χ2v) is 23.2. The van der Waals surface area contributed by atoms with Crippen molar-refractivity contribution in [3.8, 4) is 11.1 Å². The molecule has 0 fully saturated rings. The molecule has 3 unspecified atom stereocenters. The average Bonchev–Trinajstić information content (AvgIpc) is 3.57. The Kier molecular flexibility index (Phi) is 17.1. The lowest BCUT2D eigenvalue weighted by Gasteiger charge is -2.44. The highest BCUT2D eigenvalue weighted by Crippen LogP contribution is 2.49. The third kappa shape index (κ3) is 13.2. The van der Waals surface area contributed by atoms with Crippen molar-refractivity contribution in [1.82, 2.24) is 16.0 Å². The van der Waals surface area contributed by atoms with Crippen LogP contribution in [0.1, 0.15) is 71.9 Å². The van der Waals surface area contributed by atoms with E-state index < -0.39 is 52.5 Å². The molecule has 3 atom stereocenters. The van der Waals surface area contributed by atoms with Crippen molar-refractivity contribution >= 4 is 44.6 Å². The lowest BCUT2D eigenvalue weighted by Crippen LogP contribution is -2.67. The molecule has 4 aromatic carbocycles. The molecular formula is C48H62N3O10PSi. The van der Waals surface area contributed by atoms with Crippen molar-refractivity contribution in [3.05, 3.63) is 133 Å². The molecule has 63 heavy (non-hydrogen) atoms. The fourth-order valence-electron chi connectivity index (χ4n) is 7.59. The molecule has 0 radical (unpaired) electrons. The van der Waals surface area contributed by atoms with Crippen molar-refractivity contribution in [2.45, 2.75) is 83.6 Å². The van der Waals surface area contributed by atoms with Gasteiger partial charge in [0.1, 0.15) is 18.2 Å². The summed E-state index contributed by atoms with van der Waals surface area (Å²) in [6.07, 6.45) is -0.0780. The predicted octanol–water partition coefficient (Wildman–Crippen LogP) is 8.23. The molecule has 1 aliphatic carbocycles. The van der Waals surface area contributed by atoms with Crippen LogP contribution in [0.4, 0.5) is 9.59 Å². The van der Waals surface area contributed by atoms with Crippen LogP contribution in [-0.4, -0.2) is 83.7 Å². The van der Waals surface area contributed by atoms with Gasteiger partial charge in [-0.05, 0) is 71.8 Å². The number of fused-ring (bicyclic) bond motifs is 3. The van der Waals surface area contributed by atoms with E-state index in [-0.39, 0.29) is 50.0 Å². The Morgan fingerprint density at radius 2 is 1.30 bits per heavy atom. The summed E-state index contributed by atoms with van der Waals surface area (Å²) in [5.41, 5.74) is 3.46. The van der Waals surface area contributed by atoms with Crippen LogP contribution >= 0.6 is 7.82 Å². The van der Waals surface area contributed by atoms with Gasteiger partial charge in [0.05, 0.1) is 19.8 Å². The number of nitrogens with one attached hydrogen (secondary N) is 3. The maximum absolute atomic E-state index is 14.0. The third-order valence-corrected chi connectivity index (χ3v) is 17.0. The minimum Gasteiger partial charge on any atom is -0.449 e. The van der Waals surface area contributed by atoms with Gasteiger partial charge in [-0.3, -0.25) is 18.4 Å². The van der Waals surface area contributed by atoms with Gasteiger partial charge in [0.25, 0.3) is 8.32 Å². The number of alkyl carbamates (subject to hydrolysis) is 2. The van der Waals surface area contributed by atoms with E-state index >= 15 is 0 Å². The van der Waals surface area contributed by atoms with Gasteiger partial charge in [-0.15, -0.1) is 6.58 Å². The van der Waals surface area contributed by atoms with E-state index in [9.17, 15) is 18.9 Å². The van der Waals surface area contributed by atoms with E-state index in [0.717, 1.165) is 32.6 Å². The van der Waals surface area contributed by atoms with Crippen LogP contribution in [0.2, 0.25) is 5.04 Å². The zero-order valence-corrected chi connectivity index (χ0v) is 39.3. The molecule has 0 spiro atoms. The number of carbonyl (C=O) groups is 3. The summed E-state index contributed by atoms with van der Waals surface area (Å²) in [6, 6.07) is 35.1. The molecule has 13 nitrogen and oxygen atoms in total. The van der Waals surface area contributed by atoms with Crippen LogP contribution in [0.15, 0.2) is 122 Å². The number of phosphoric acid groups is 1. The fraction of sp³-hybridized carbons (Fsp3) is 0.396. The maximum atomic E-state index is 14.0. The van der Waals surface area contributed by atoms with Crippen molar-refractivity contribution in [3.63, 3.8) is 0 Å². The first kappa shape index (κ1) is 48.9. The highest BCUT2D eigenvalue weighted by molar-refractivity contribution is 7.48. The van der Waals surface area contributed by atoms with Crippen LogP contribution in [0.5, 0.6) is 0 Å². The van der Waals surface area contributed by atoms with E-state index in [1.54, 1.807) is 20.8 Å². The predicted molar refractivity (Wildman–Crippen MR) is 248 cm³/mol. The van der Waals surface area contributed by atoms with Crippen molar-refractivity contribution in [2.75, 3.05) is 39.5 Å². The molecule has 1 aliphatic rings. The van der Waals surface area contributed by atoms with Gasteiger partial charge >= 0.3 is 20.0 Å². The molecule has 0 saturated carbocycles. The van der Waals surface area contributed by atoms with Gasteiger partial charge < -0.3 is 29.9 Å². The molecule has 4 aromatic rings. The Morgan fingerprint density at radius 3 is 1.84 bits per heavy atom. The Bertz CT molecular complexity index is 2110. The summed E-state index contributed by atoms with van der Waals surface area (Å²) in [5.74, 6) is -0.845. The second-order valence-electron chi connectivity index (χ2n) is 17.3. The standard InChI is InChI=1S/C48H62N3O10PSi/c1-9-31-57-62(55,58-32-30-50-45(53)60-47(3,4)5)59-34-43(51-46(54)56-33-42-40-26-18-16-24-38(40)39-25-17-19-27-41(39)42)44(52)49-29-28-35(2)61-63(48(6,7)8,36-20-12-10-13-21-36)37-22-14-11-15-23-37/h9-27,35,42-43H,1,28-34H2,2-8H3,(H,49,52)(H,50,53)(H,51,54). The molecule has 0 aromatic heterocycles. The molecule has 0 aliphatic heterocycles. The van der Waals surface area contributed by atoms with E-state index in [4.69, 9.17) is 27.5 Å². The molecule has 3 N–H and O–H groups in total. The van der Waals surface area contributed by atoms with Crippen LogP contribution in [0.3, 0.4) is 0 Å². The van der Waals surface area contributed by atoms with Gasteiger partial charge in [0, 0.05) is 25.1 Å². The quantitative estimate of drug-likeness (QED) is 0.0322. The number of ether oxygens (including phenoxy) is 2. The van der Waals surface area contributed by atoms with Gasteiger partial charge in [0.2, 0.25) is 5.91 Å². The molecule has 0 bridgehead atoms. The smallest absolute Gasteiger partial charge is 0.449 e. The second kappa shape index (κ2) is 22.0. The number of hydrogen-bond acceptors (Lipinski definition) is 10. The lowest BCUT2D eigenvalue weighted by atomic mass is 9.98. The Balaban J connectivity index is 1.29. The molecule has 0 heterocycles. The summed E-state index contributed by atoms with van der Waals surface area (Å²) >= 11 is 0. The van der Waals surface area contributed by atoms with E-state index in [2.05, 4.69) is 67.6 Å². The van der Waals surface area contributed by atoms with Crippen molar-refractivity contribution in [1.29, 1.82) is 0 Å². The molecule has 5 rings (SSSR count). The van der Waals surface area contributed by atoms with Gasteiger partial charge in [-0.1, -0.05) is 136 Å². The number of benzene rings is 4. The first-order valence-electron chi connectivity index (χ1n) is 21.3. The van der Waals surface area contributed by atoms with Crippen LogP contribution in [-0.2, 0) is 36.8 Å². The summed E-state index contributed by atoms with van der Waals surface area (Å²) in [7, 11) is -7.25. The molecule has 3 amide bonds. The monoisotopic (exact) mass is 899 g/mol. The van der Waals surface area contributed by atoms with Crippen LogP contribution in [0.25, 0.3) is 11.1 Å². The summed E-state index contributed by atoms with van der Waals surface area (Å²) in [6.45, 7) is 16.4. The number of rotatable bonds is 21. The molecule has 338 valence electrons. The summed E-state index contributed by atoms with van der Waals surface area (Å²) < 4.78 is 48.6. The number of carbonyl (C=O) groups excluding carboxylic acids is 3. The minimum absolute atomic E-state index is 0.000846. The van der Waals surface area contributed by atoms with E-state index in [0.29, 0.717) is 6.42 Å². The Hall–Kier alpha value is -5.08. The first-order valence-corrected chi connectivity index (χ1v) is 24.6. The van der Waals surface area contributed by atoms with Gasteiger partial charge in [-0.2, -0.15) is 0 Å². The average molecular weight is 900 g/mol. The highest BCUT2D eigenvalue weighted by atomic mass is 31.2. The summed E-state index contributed by atoms with van der Waals surface area (Å²) in [5, 5.41) is 10.1. The normalized spacial score (nSPS) is 14.6. The molecular weight excluding hydrogens is 838 g/mol. The highest BCUT2D eigenvalue weighted by Gasteiger charge is 2.51. The zero-order chi connectivity index (χ0) is 45.7. The van der Waals surface area contributed by atoms with Crippen molar-refractivity contribution < 1.29 is 46.4 Å². The number of amides is 3. The van der Waals surface area contributed by atoms with Gasteiger partial charge in [-0.25, -0.2) is 14.2 Å². The fourth-order valence-corrected chi connectivity index (χ4v) is 13.5. The zero-order valence-electron chi connectivity index (χ0n) is 37.4. The SMILES string of the molecule is C=CCOP(=O)(OCCNC(=O)OC(C)(C)C)OCC(NC(=O)OCC1c2ccccc2-c2ccccc21)C(=O)NCCC(C)O[Si](c1ccccc1)(c1ccccc1)C(C)(C)C. The van der Waals surface area contributed by atoms with Crippen LogP contribution < -0.4 is 26.3 Å². The first-order chi connectivity index (χ1) is 30.0. The van der Waals surface area contributed by atoms with E-state index in [1.165, 1.54) is 6.08 Å². The number of phosphoric ester groups is 1. The van der Waals surface area contributed by atoms with Gasteiger partial charge in [0.15, 0.2) is 0 Å². The number of hydrogen-bond donors (Lipinski definition) is 3. The maximum Gasteiger partial charge on any atom is 0.475 e. The third-order valence-electron chi connectivity index (χ3n) is 10.4. The largest absolute Gasteiger partial charge is 0.475 e. The Morgan fingerprint density at radius 1 is 0.746 bits per heavy atom. The topological polar surface area (TPSA) is 160 Å². The van der Waals surface area contributed by atoms with E-state index in [1.807, 2.05) is 91.9 Å². The molecule has 15 heteroatoms. The summed E-state index contributed by atoms with van der Waals surface area (Å²) in [4.78, 5) is 39.6. The Labute approximate surface area is 373 Å². The van der Waals surface area contributed by atoms with Crippen molar-refractivity contribution in [2.24, 2.45) is 0 Å². The minimum atomic E-state index is -4.37. The molecule has 0 saturated heterocycles. The lowest BCUT2D eigenvalue weighted by molar-refractivity contribution is -0.123.